The molecule has 0 radical (unpaired) electrons. The van der Waals surface area contributed by atoms with Gasteiger partial charge in [-0.05, 0) is 52.2 Å². The Bertz CT molecular complexity index is 557. The summed E-state index contributed by atoms with van der Waals surface area (Å²) in [5.41, 5.74) is 1.20. The number of methoxy groups -OCH3 is 1. The second-order valence-electron chi connectivity index (χ2n) is 7.37. The van der Waals surface area contributed by atoms with Gasteiger partial charge in [0.2, 0.25) is 0 Å². The molecule has 0 saturated carbocycles. The molecule has 0 spiro atoms. The highest BCUT2D eigenvalue weighted by Crippen LogP contribution is 2.31. The summed E-state index contributed by atoms with van der Waals surface area (Å²) in [6, 6.07) is 8.24. The van der Waals surface area contributed by atoms with Gasteiger partial charge in [-0.25, -0.2) is 0 Å². The van der Waals surface area contributed by atoms with E-state index >= 15 is 0 Å². The molecule has 2 N–H and O–H groups in total. The van der Waals surface area contributed by atoms with Crippen molar-refractivity contribution >= 4 is 35.6 Å². The van der Waals surface area contributed by atoms with Gasteiger partial charge in [-0.15, -0.1) is 24.0 Å². The fourth-order valence-corrected chi connectivity index (χ4v) is 2.97. The average molecular weight is 460 g/mol. The average Bonchev–Trinajstić information content (AvgIpc) is 3.00. The molecule has 0 aliphatic carbocycles. The Morgan fingerprint density at radius 1 is 1.32 bits per heavy atom. The zero-order valence-electron chi connectivity index (χ0n) is 16.1. The van der Waals surface area contributed by atoms with Crippen LogP contribution < -0.4 is 20.3 Å². The normalized spacial score (nSPS) is 17.9. The van der Waals surface area contributed by atoms with Crippen molar-refractivity contribution < 1.29 is 4.74 Å². The summed E-state index contributed by atoms with van der Waals surface area (Å²) in [5.74, 6) is 2.43. The van der Waals surface area contributed by atoms with E-state index in [0.29, 0.717) is 5.92 Å². The van der Waals surface area contributed by atoms with Crippen LogP contribution in [0.4, 0.5) is 5.69 Å². The van der Waals surface area contributed by atoms with Crippen molar-refractivity contribution in [3.05, 3.63) is 24.3 Å². The van der Waals surface area contributed by atoms with E-state index in [1.807, 2.05) is 12.1 Å². The molecule has 142 valence electrons. The minimum Gasteiger partial charge on any atom is -0.495 e. The van der Waals surface area contributed by atoms with Gasteiger partial charge in [0.15, 0.2) is 5.96 Å². The lowest BCUT2D eigenvalue weighted by Crippen LogP contribution is -2.47. The number of nitrogens with zero attached hydrogens (tertiary/aromatic N) is 2. The van der Waals surface area contributed by atoms with Gasteiger partial charge in [-0.3, -0.25) is 4.99 Å². The smallest absolute Gasteiger partial charge is 0.191 e. The van der Waals surface area contributed by atoms with Gasteiger partial charge in [0.1, 0.15) is 5.75 Å². The van der Waals surface area contributed by atoms with Crippen LogP contribution in [0.15, 0.2) is 29.3 Å². The Labute approximate surface area is 169 Å². The first-order valence-corrected chi connectivity index (χ1v) is 8.87. The second kappa shape index (κ2) is 10.1. The van der Waals surface area contributed by atoms with E-state index in [0.717, 1.165) is 44.3 Å². The lowest BCUT2D eigenvalue weighted by atomic mass is 10.1. The van der Waals surface area contributed by atoms with Crippen LogP contribution in [0.5, 0.6) is 5.75 Å². The molecule has 1 saturated heterocycles. The number of aliphatic imine (C=N–C) groups is 1. The maximum Gasteiger partial charge on any atom is 0.191 e. The number of para-hydroxylation sites is 2. The number of guanidine groups is 1. The molecular weight excluding hydrogens is 427 g/mol. The van der Waals surface area contributed by atoms with Gasteiger partial charge in [-0.1, -0.05) is 12.1 Å². The van der Waals surface area contributed by atoms with Crippen LogP contribution in [0.2, 0.25) is 0 Å². The first kappa shape index (κ1) is 21.9. The molecule has 0 aromatic heterocycles. The number of benzene rings is 1. The largest absolute Gasteiger partial charge is 0.495 e. The maximum atomic E-state index is 5.49. The number of hydrogen-bond acceptors (Lipinski definition) is 3. The van der Waals surface area contributed by atoms with E-state index in [1.165, 1.54) is 5.69 Å². The van der Waals surface area contributed by atoms with Crippen molar-refractivity contribution in [3.63, 3.8) is 0 Å². The Kier molecular flexibility index (Phi) is 8.82. The van der Waals surface area contributed by atoms with E-state index in [1.54, 1.807) is 7.11 Å². The van der Waals surface area contributed by atoms with Crippen LogP contribution in [-0.2, 0) is 0 Å². The number of ether oxygens (including phenoxy) is 1. The first-order valence-electron chi connectivity index (χ1n) is 8.87. The zero-order valence-corrected chi connectivity index (χ0v) is 18.5. The summed E-state index contributed by atoms with van der Waals surface area (Å²) >= 11 is 0. The maximum absolute atomic E-state index is 5.49. The van der Waals surface area contributed by atoms with Crippen molar-refractivity contribution in [3.8, 4) is 5.75 Å². The van der Waals surface area contributed by atoms with Crippen molar-refractivity contribution in [1.29, 1.82) is 0 Å². The van der Waals surface area contributed by atoms with Gasteiger partial charge in [0.05, 0.1) is 12.8 Å². The predicted molar refractivity (Wildman–Crippen MR) is 118 cm³/mol. The fourth-order valence-electron chi connectivity index (χ4n) is 2.97. The summed E-state index contributed by atoms with van der Waals surface area (Å²) < 4.78 is 5.49. The summed E-state index contributed by atoms with van der Waals surface area (Å²) in [7, 11) is 1.73. The van der Waals surface area contributed by atoms with Gasteiger partial charge in [0.25, 0.3) is 0 Å². The van der Waals surface area contributed by atoms with E-state index in [2.05, 4.69) is 55.4 Å². The van der Waals surface area contributed by atoms with E-state index in [9.17, 15) is 0 Å². The molecule has 1 unspecified atom stereocenters. The van der Waals surface area contributed by atoms with E-state index in [-0.39, 0.29) is 29.5 Å². The van der Waals surface area contributed by atoms with E-state index in [4.69, 9.17) is 9.73 Å². The molecule has 1 aliphatic heterocycles. The Balaban J connectivity index is 0.00000312. The highest BCUT2D eigenvalue weighted by Gasteiger charge is 2.24. The minimum atomic E-state index is 0. The molecule has 2 rings (SSSR count). The lowest BCUT2D eigenvalue weighted by molar-refractivity contribution is 0.414. The lowest BCUT2D eigenvalue weighted by Gasteiger charge is -2.24. The Hall–Kier alpha value is -1.18. The van der Waals surface area contributed by atoms with E-state index < -0.39 is 0 Å². The van der Waals surface area contributed by atoms with Crippen molar-refractivity contribution in [2.24, 2.45) is 10.9 Å². The highest BCUT2D eigenvalue weighted by atomic mass is 127. The molecule has 1 fully saturated rings. The van der Waals surface area contributed by atoms with Crippen LogP contribution in [0.3, 0.4) is 0 Å². The molecule has 25 heavy (non-hydrogen) atoms. The Morgan fingerprint density at radius 3 is 2.68 bits per heavy atom. The summed E-state index contributed by atoms with van der Waals surface area (Å²) in [5, 5.41) is 6.78. The summed E-state index contributed by atoms with van der Waals surface area (Å²) in [6.07, 6.45) is 1.16. The van der Waals surface area contributed by atoms with Crippen LogP contribution in [0.1, 0.15) is 34.1 Å². The highest BCUT2D eigenvalue weighted by molar-refractivity contribution is 14.0. The molecule has 6 heteroatoms. The third kappa shape index (κ3) is 6.92. The van der Waals surface area contributed by atoms with Crippen LogP contribution >= 0.6 is 24.0 Å². The third-order valence-electron chi connectivity index (χ3n) is 4.06. The number of halogens is 1. The number of hydrogen-bond donors (Lipinski definition) is 2. The molecule has 1 aliphatic rings. The quantitative estimate of drug-likeness (QED) is 0.401. The molecular formula is C19H33IN4O. The molecule has 0 bridgehead atoms. The fraction of sp³-hybridized carbons (Fsp3) is 0.632. The first-order chi connectivity index (χ1) is 11.4. The topological polar surface area (TPSA) is 48.9 Å². The van der Waals surface area contributed by atoms with Gasteiger partial charge in [0, 0.05) is 31.7 Å². The minimum absolute atomic E-state index is 0. The SMILES string of the molecule is CCNC(=NCC1CCN(c2ccccc2OC)C1)NC(C)(C)C.I. The second-order valence-corrected chi connectivity index (χ2v) is 7.37. The number of rotatable bonds is 5. The number of anilines is 1. The van der Waals surface area contributed by atoms with Crippen molar-refractivity contribution in [2.75, 3.05) is 38.2 Å². The predicted octanol–water partition coefficient (Wildman–Crippen LogP) is 3.49. The third-order valence-corrected chi connectivity index (χ3v) is 4.06. The summed E-state index contributed by atoms with van der Waals surface area (Å²) in [4.78, 5) is 7.19. The standard InChI is InChI=1S/C19H32N4O.HI/c1-6-20-18(22-19(2,3)4)21-13-15-11-12-23(14-15)16-9-7-8-10-17(16)24-5;/h7-10,15H,6,11-14H2,1-5H3,(H2,20,21,22);1H. The molecule has 5 nitrogen and oxygen atoms in total. The molecule has 1 atom stereocenters. The molecule has 1 heterocycles. The van der Waals surface area contributed by atoms with Crippen LogP contribution in [-0.4, -0.2) is 44.8 Å². The van der Waals surface area contributed by atoms with Crippen molar-refractivity contribution in [2.45, 2.75) is 39.7 Å². The molecule has 1 aromatic rings. The zero-order chi connectivity index (χ0) is 17.6. The van der Waals surface area contributed by atoms with Gasteiger partial charge < -0.3 is 20.3 Å². The van der Waals surface area contributed by atoms with Crippen LogP contribution in [0.25, 0.3) is 0 Å². The van der Waals surface area contributed by atoms with Crippen molar-refractivity contribution in [1.82, 2.24) is 10.6 Å². The summed E-state index contributed by atoms with van der Waals surface area (Å²) in [6.45, 7) is 12.4. The van der Waals surface area contributed by atoms with Crippen LogP contribution in [0, 0.1) is 5.92 Å². The monoisotopic (exact) mass is 460 g/mol. The molecule has 1 aromatic carbocycles. The molecule has 0 amide bonds. The van der Waals surface area contributed by atoms with Gasteiger partial charge in [-0.2, -0.15) is 0 Å². The number of nitrogens with one attached hydrogen (secondary N) is 2. The van der Waals surface area contributed by atoms with Gasteiger partial charge >= 0.3 is 0 Å². The Morgan fingerprint density at radius 2 is 2.04 bits per heavy atom.